The first-order valence-electron chi connectivity index (χ1n) is 9.99. The Hall–Kier alpha value is -3.41. The summed E-state index contributed by atoms with van der Waals surface area (Å²) in [4.78, 5) is 25.9. The highest BCUT2D eigenvalue weighted by Crippen LogP contribution is 2.18. The summed E-state index contributed by atoms with van der Waals surface area (Å²) in [5.74, 6) is 1.80. The summed E-state index contributed by atoms with van der Waals surface area (Å²) in [6.07, 6.45) is 4.36. The van der Waals surface area contributed by atoms with Crippen molar-refractivity contribution < 1.29 is 4.79 Å². The Balaban J connectivity index is 1.32. The van der Waals surface area contributed by atoms with Crippen LogP contribution >= 0.6 is 0 Å². The Labute approximate surface area is 171 Å². The molecule has 6 nitrogen and oxygen atoms in total. The van der Waals surface area contributed by atoms with Gasteiger partial charge >= 0.3 is 0 Å². The van der Waals surface area contributed by atoms with Crippen LogP contribution < -0.4 is 15.1 Å². The van der Waals surface area contributed by atoms with E-state index >= 15 is 0 Å². The molecule has 0 radical (unpaired) electrons. The van der Waals surface area contributed by atoms with E-state index in [2.05, 4.69) is 37.2 Å². The van der Waals surface area contributed by atoms with Gasteiger partial charge in [-0.1, -0.05) is 36.4 Å². The van der Waals surface area contributed by atoms with E-state index in [4.69, 9.17) is 0 Å². The summed E-state index contributed by atoms with van der Waals surface area (Å²) >= 11 is 0. The fraction of sp³-hybridized carbons (Fsp3) is 0.261. The minimum absolute atomic E-state index is 0.0586. The van der Waals surface area contributed by atoms with E-state index in [0.717, 1.165) is 44.2 Å². The number of nitrogens with one attached hydrogen (secondary N) is 1. The Morgan fingerprint density at radius 1 is 0.828 bits per heavy atom. The number of nitrogens with zero attached hydrogens (tertiary/aromatic N) is 4. The molecule has 1 saturated heterocycles. The minimum atomic E-state index is -0.0586. The molecule has 0 atom stereocenters. The number of piperazine rings is 1. The molecule has 3 heterocycles. The van der Waals surface area contributed by atoms with Gasteiger partial charge in [0.25, 0.3) is 5.91 Å². The quantitative estimate of drug-likeness (QED) is 0.705. The predicted octanol–water partition coefficient (Wildman–Crippen LogP) is 2.78. The van der Waals surface area contributed by atoms with E-state index in [1.165, 1.54) is 5.56 Å². The molecule has 29 heavy (non-hydrogen) atoms. The Bertz CT molecular complexity index is 924. The highest BCUT2D eigenvalue weighted by molar-refractivity contribution is 5.94. The molecule has 1 aliphatic rings. The largest absolute Gasteiger partial charge is 0.353 e. The molecule has 2 aromatic heterocycles. The topological polar surface area (TPSA) is 61.4 Å². The van der Waals surface area contributed by atoms with Crippen molar-refractivity contribution in [2.75, 3.05) is 42.5 Å². The van der Waals surface area contributed by atoms with Gasteiger partial charge in [-0.25, -0.2) is 9.97 Å². The molecule has 1 N–H and O–H groups in total. The first-order valence-corrected chi connectivity index (χ1v) is 9.99. The highest BCUT2D eigenvalue weighted by Gasteiger charge is 2.19. The number of hydrogen-bond acceptors (Lipinski definition) is 5. The van der Waals surface area contributed by atoms with Crippen LogP contribution in [0.15, 0.2) is 73.1 Å². The van der Waals surface area contributed by atoms with Crippen molar-refractivity contribution in [2.24, 2.45) is 0 Å². The first kappa shape index (κ1) is 18.9. The predicted molar refractivity (Wildman–Crippen MR) is 115 cm³/mol. The Kier molecular flexibility index (Phi) is 6.00. The van der Waals surface area contributed by atoms with Crippen molar-refractivity contribution in [1.29, 1.82) is 0 Å². The number of carbonyl (C=O) groups is 1. The second-order valence-electron chi connectivity index (χ2n) is 7.06. The maximum atomic E-state index is 12.5. The van der Waals surface area contributed by atoms with Crippen molar-refractivity contribution >= 4 is 17.5 Å². The van der Waals surface area contributed by atoms with Crippen LogP contribution in [0.1, 0.15) is 15.9 Å². The molecule has 0 spiro atoms. The van der Waals surface area contributed by atoms with Crippen molar-refractivity contribution in [3.8, 4) is 0 Å². The van der Waals surface area contributed by atoms with E-state index in [1.54, 1.807) is 12.3 Å². The zero-order valence-corrected chi connectivity index (χ0v) is 16.4. The summed E-state index contributed by atoms with van der Waals surface area (Å²) in [7, 11) is 0. The molecule has 1 fully saturated rings. The average Bonchev–Trinajstić information content (AvgIpc) is 2.80. The van der Waals surface area contributed by atoms with Crippen LogP contribution in [0.25, 0.3) is 0 Å². The summed E-state index contributed by atoms with van der Waals surface area (Å²) in [5.41, 5.74) is 1.87. The number of carbonyl (C=O) groups excluding carboxylic acids is 1. The molecular weight excluding hydrogens is 362 g/mol. The summed E-state index contributed by atoms with van der Waals surface area (Å²) in [6, 6.07) is 19.8. The van der Waals surface area contributed by atoms with Gasteiger partial charge in [0.1, 0.15) is 11.6 Å². The normalized spacial score (nSPS) is 13.9. The van der Waals surface area contributed by atoms with Crippen LogP contribution in [0.4, 0.5) is 11.6 Å². The lowest BCUT2D eigenvalue weighted by atomic mass is 10.1. The molecule has 1 aromatic carbocycles. The number of benzene rings is 1. The second kappa shape index (κ2) is 9.19. The lowest BCUT2D eigenvalue weighted by molar-refractivity contribution is 0.0954. The van der Waals surface area contributed by atoms with E-state index in [1.807, 2.05) is 48.7 Å². The number of rotatable bonds is 6. The molecule has 0 unspecified atom stereocenters. The van der Waals surface area contributed by atoms with Crippen molar-refractivity contribution in [2.45, 2.75) is 6.42 Å². The van der Waals surface area contributed by atoms with Crippen molar-refractivity contribution in [3.63, 3.8) is 0 Å². The lowest BCUT2D eigenvalue weighted by Gasteiger charge is -2.36. The Morgan fingerprint density at radius 3 is 2.24 bits per heavy atom. The molecule has 148 valence electrons. The standard InChI is InChI=1S/C23H25N5O/c29-23(26-12-9-19-6-2-1-3-7-19)20-10-13-25-22(18-20)28-16-14-27(15-17-28)21-8-4-5-11-24-21/h1-8,10-11,13,18H,9,12,14-17H2,(H,26,29). The van der Waals surface area contributed by atoms with Crippen LogP contribution in [0.5, 0.6) is 0 Å². The van der Waals surface area contributed by atoms with Gasteiger partial charge in [-0.2, -0.15) is 0 Å². The van der Waals surface area contributed by atoms with Gasteiger partial charge in [0.2, 0.25) is 0 Å². The van der Waals surface area contributed by atoms with Gasteiger partial charge < -0.3 is 15.1 Å². The number of anilines is 2. The number of aromatic nitrogens is 2. The van der Waals surface area contributed by atoms with E-state index in [-0.39, 0.29) is 5.91 Å². The van der Waals surface area contributed by atoms with Crippen molar-refractivity contribution in [1.82, 2.24) is 15.3 Å². The fourth-order valence-electron chi connectivity index (χ4n) is 3.51. The SMILES string of the molecule is O=C(NCCc1ccccc1)c1ccnc(N2CCN(c3ccccn3)CC2)c1. The smallest absolute Gasteiger partial charge is 0.251 e. The fourth-order valence-corrected chi connectivity index (χ4v) is 3.51. The molecular formula is C23H25N5O. The van der Waals surface area contributed by atoms with Crippen LogP contribution in [0, 0.1) is 0 Å². The van der Waals surface area contributed by atoms with Crippen LogP contribution in [0.3, 0.4) is 0 Å². The van der Waals surface area contributed by atoms with Gasteiger partial charge in [0, 0.05) is 50.7 Å². The average molecular weight is 387 g/mol. The van der Waals surface area contributed by atoms with Gasteiger partial charge in [-0.15, -0.1) is 0 Å². The molecule has 1 aliphatic heterocycles. The zero-order chi connectivity index (χ0) is 19.9. The summed E-state index contributed by atoms with van der Waals surface area (Å²) < 4.78 is 0. The van der Waals surface area contributed by atoms with Crippen LogP contribution in [-0.2, 0) is 6.42 Å². The van der Waals surface area contributed by atoms with Gasteiger partial charge in [-0.05, 0) is 36.2 Å². The summed E-state index contributed by atoms with van der Waals surface area (Å²) in [6.45, 7) is 4.08. The maximum Gasteiger partial charge on any atom is 0.251 e. The molecule has 0 saturated carbocycles. The van der Waals surface area contributed by atoms with Gasteiger partial charge in [0.05, 0.1) is 0 Å². The van der Waals surface area contributed by atoms with Crippen LogP contribution in [-0.4, -0.2) is 48.6 Å². The molecule has 3 aromatic rings. The second-order valence-corrected chi connectivity index (χ2v) is 7.06. The van der Waals surface area contributed by atoms with E-state index in [0.29, 0.717) is 12.1 Å². The zero-order valence-electron chi connectivity index (χ0n) is 16.4. The number of amides is 1. The van der Waals surface area contributed by atoms with Crippen molar-refractivity contribution in [3.05, 3.63) is 84.2 Å². The van der Waals surface area contributed by atoms with Gasteiger partial charge in [0.15, 0.2) is 0 Å². The molecule has 1 amide bonds. The molecule has 4 rings (SSSR count). The Morgan fingerprint density at radius 2 is 1.52 bits per heavy atom. The maximum absolute atomic E-state index is 12.5. The monoisotopic (exact) mass is 387 g/mol. The molecule has 6 heteroatoms. The first-order chi connectivity index (χ1) is 14.3. The highest BCUT2D eigenvalue weighted by atomic mass is 16.1. The van der Waals surface area contributed by atoms with E-state index in [9.17, 15) is 4.79 Å². The van der Waals surface area contributed by atoms with Crippen LogP contribution in [0.2, 0.25) is 0 Å². The molecule has 0 aliphatic carbocycles. The van der Waals surface area contributed by atoms with Gasteiger partial charge in [-0.3, -0.25) is 4.79 Å². The number of pyridine rings is 2. The van der Waals surface area contributed by atoms with E-state index < -0.39 is 0 Å². The summed E-state index contributed by atoms with van der Waals surface area (Å²) in [5, 5.41) is 3.00. The minimum Gasteiger partial charge on any atom is -0.353 e. The molecule has 0 bridgehead atoms. The number of hydrogen-bond donors (Lipinski definition) is 1. The third-order valence-corrected chi connectivity index (χ3v) is 5.13. The third-order valence-electron chi connectivity index (χ3n) is 5.13. The third kappa shape index (κ3) is 4.90. The lowest BCUT2D eigenvalue weighted by Crippen LogP contribution is -2.47.